The molecule has 446 valence electrons. The van der Waals surface area contributed by atoms with Gasteiger partial charge in [0.25, 0.3) is 0 Å². The van der Waals surface area contributed by atoms with Crippen LogP contribution in [0.1, 0.15) is 245 Å². The van der Waals surface area contributed by atoms with Gasteiger partial charge in [-0.25, -0.2) is 0 Å². The highest BCUT2D eigenvalue weighted by Gasteiger charge is 2.19. The molecule has 1 atom stereocenters. The number of allylic oxidation sites excluding steroid dienone is 29. The van der Waals surface area contributed by atoms with Gasteiger partial charge in [-0.05, 0) is 141 Å². The maximum atomic E-state index is 12.9. The first-order valence-corrected chi connectivity index (χ1v) is 31.8. The molecule has 0 saturated carbocycles. The van der Waals surface area contributed by atoms with Crippen molar-refractivity contribution in [2.75, 3.05) is 13.2 Å². The Labute approximate surface area is 491 Å². The Kier molecular flexibility index (Phi) is 61.5. The molecule has 0 amide bonds. The van der Waals surface area contributed by atoms with E-state index in [2.05, 4.69) is 191 Å². The molecule has 0 aliphatic rings. The second-order valence-electron chi connectivity index (χ2n) is 20.2. The van der Waals surface area contributed by atoms with Gasteiger partial charge in [0.05, 0.1) is 6.42 Å². The van der Waals surface area contributed by atoms with Crippen LogP contribution in [-0.2, 0) is 28.6 Å². The van der Waals surface area contributed by atoms with E-state index in [9.17, 15) is 14.4 Å². The van der Waals surface area contributed by atoms with Gasteiger partial charge >= 0.3 is 17.9 Å². The van der Waals surface area contributed by atoms with Gasteiger partial charge in [-0.15, -0.1) is 0 Å². The number of unbranched alkanes of at least 4 members (excludes halogenated alkanes) is 15. The maximum absolute atomic E-state index is 12.9. The molecule has 6 nitrogen and oxygen atoms in total. The lowest BCUT2D eigenvalue weighted by atomic mass is 10.1. The lowest BCUT2D eigenvalue weighted by Gasteiger charge is -2.18. The summed E-state index contributed by atoms with van der Waals surface area (Å²) in [6.45, 7) is 6.27. The molecule has 0 radical (unpaired) electrons. The monoisotopic (exact) mass is 1100 g/mol. The van der Waals surface area contributed by atoms with Gasteiger partial charge in [0.1, 0.15) is 13.2 Å². The molecule has 6 heteroatoms. The number of ether oxygens (including phenoxy) is 3. The summed E-state index contributed by atoms with van der Waals surface area (Å²) >= 11 is 0. The minimum atomic E-state index is -0.845. The van der Waals surface area contributed by atoms with Crippen LogP contribution in [0.25, 0.3) is 0 Å². The zero-order valence-electron chi connectivity index (χ0n) is 51.0. The molecule has 1 unspecified atom stereocenters. The van der Waals surface area contributed by atoms with Crippen LogP contribution in [-0.4, -0.2) is 37.2 Å². The quantitative estimate of drug-likeness (QED) is 0.0261. The standard InChI is InChI=1S/C74H114O6/c1-4-7-10-13-16-19-22-25-28-30-32-33-34-35-36-37-38-39-40-41-42-44-46-49-52-55-58-61-64-67-73(76)79-70-71(69-78-72(75)66-63-60-57-54-51-48-45-27-24-21-18-15-12-9-6-3)80-74(77)68-65-62-59-56-53-50-47-43-31-29-26-23-20-17-14-11-8-5-2/h7,9-10,12,16,18-21,23,25,27-29,31-33,35-36,38-39,41-42,45-46,49,51,54,60,63,71H,4-6,8,11,13-15,17,22,24,26,30,34,37,40,43-44,47-48,50,52-53,55-59,61-62,64-70H2,1-3H3/b10-7-,12-9-,19-16-,21-18-,23-20-,28-25-,31-29-,33-32-,36-35-,39-38-,42-41-,45-27-,49-46-,54-51-,63-60-. The summed E-state index contributed by atoms with van der Waals surface area (Å²) in [6.07, 6.45) is 99.2. The van der Waals surface area contributed by atoms with Crippen LogP contribution in [0.15, 0.2) is 182 Å². The van der Waals surface area contributed by atoms with Crippen LogP contribution in [0.5, 0.6) is 0 Å². The summed E-state index contributed by atoms with van der Waals surface area (Å²) in [5.41, 5.74) is 0. The third-order valence-corrected chi connectivity index (χ3v) is 12.7. The SMILES string of the molecule is CC/C=C\C/C=C\C/C=C\C/C=C\C/C=C\C/C=C\C/C=C\C/C=C\CCCCCCC(=O)OCC(COC(=O)C/C=C\C/C=C\C/C=C\C/C=C\C/C=C\CC)OC(=O)CCCCCCCCC/C=C\C/C=C\CCCCCC. The molecule has 0 fully saturated rings. The van der Waals surface area contributed by atoms with Gasteiger partial charge in [0.15, 0.2) is 6.10 Å². The normalized spacial score (nSPS) is 13.4. The van der Waals surface area contributed by atoms with E-state index < -0.39 is 12.1 Å². The molecule has 0 aliphatic heterocycles. The van der Waals surface area contributed by atoms with Crippen LogP contribution < -0.4 is 0 Å². The molecule has 80 heavy (non-hydrogen) atoms. The van der Waals surface area contributed by atoms with Gasteiger partial charge < -0.3 is 14.2 Å². The molecule has 0 aromatic heterocycles. The van der Waals surface area contributed by atoms with E-state index in [0.29, 0.717) is 6.42 Å². The zero-order chi connectivity index (χ0) is 57.8. The van der Waals surface area contributed by atoms with Crippen molar-refractivity contribution in [3.63, 3.8) is 0 Å². The van der Waals surface area contributed by atoms with E-state index in [1.54, 1.807) is 6.08 Å². The van der Waals surface area contributed by atoms with Crippen LogP contribution in [0, 0.1) is 0 Å². The van der Waals surface area contributed by atoms with Crippen LogP contribution in [0.3, 0.4) is 0 Å². The largest absolute Gasteiger partial charge is 0.462 e. The predicted octanol–water partition coefficient (Wildman–Crippen LogP) is 22.0. The third-order valence-electron chi connectivity index (χ3n) is 12.7. The molecule has 0 bridgehead atoms. The summed E-state index contributed by atoms with van der Waals surface area (Å²) < 4.78 is 16.8. The smallest absolute Gasteiger partial charge is 0.309 e. The van der Waals surface area contributed by atoms with E-state index in [0.717, 1.165) is 154 Å². The van der Waals surface area contributed by atoms with Crippen molar-refractivity contribution < 1.29 is 28.6 Å². The topological polar surface area (TPSA) is 78.9 Å². The van der Waals surface area contributed by atoms with Gasteiger partial charge in [0.2, 0.25) is 0 Å². The Morgan fingerprint density at radius 2 is 0.537 bits per heavy atom. The highest BCUT2D eigenvalue weighted by molar-refractivity contribution is 5.72. The molecule has 0 aliphatic carbocycles. The molecule has 0 N–H and O–H groups in total. The Morgan fingerprint density at radius 1 is 0.275 bits per heavy atom. The highest BCUT2D eigenvalue weighted by atomic mass is 16.6. The van der Waals surface area contributed by atoms with Gasteiger partial charge in [0, 0.05) is 12.8 Å². The first kappa shape index (κ1) is 74.5. The van der Waals surface area contributed by atoms with Crippen molar-refractivity contribution in [3.05, 3.63) is 182 Å². The molecule has 0 aromatic carbocycles. The summed E-state index contributed by atoms with van der Waals surface area (Å²) in [4.78, 5) is 38.2. The second-order valence-corrected chi connectivity index (χ2v) is 20.2. The maximum Gasteiger partial charge on any atom is 0.309 e. The average Bonchev–Trinajstić information content (AvgIpc) is 3.46. The predicted molar refractivity (Wildman–Crippen MR) is 348 cm³/mol. The van der Waals surface area contributed by atoms with Gasteiger partial charge in [-0.2, -0.15) is 0 Å². The Hall–Kier alpha value is -5.49. The van der Waals surface area contributed by atoms with E-state index in [1.165, 1.54) is 51.4 Å². The minimum absolute atomic E-state index is 0.111. The molecule has 0 rings (SSSR count). The fourth-order valence-electron chi connectivity index (χ4n) is 7.97. The molecular weight excluding hydrogens is 985 g/mol. The van der Waals surface area contributed by atoms with Crippen LogP contribution in [0.2, 0.25) is 0 Å². The number of rotatable bonds is 55. The Morgan fingerprint density at radius 3 is 0.875 bits per heavy atom. The number of carbonyl (C=O) groups is 3. The minimum Gasteiger partial charge on any atom is -0.462 e. The molecule has 0 spiro atoms. The van der Waals surface area contributed by atoms with Crippen LogP contribution >= 0.6 is 0 Å². The molecule has 0 aromatic rings. The van der Waals surface area contributed by atoms with E-state index in [4.69, 9.17) is 14.2 Å². The van der Waals surface area contributed by atoms with E-state index >= 15 is 0 Å². The summed E-state index contributed by atoms with van der Waals surface area (Å²) in [5.74, 6) is -1.11. The third kappa shape index (κ3) is 63.3. The van der Waals surface area contributed by atoms with Crippen molar-refractivity contribution in [1.82, 2.24) is 0 Å². The lowest BCUT2D eigenvalue weighted by Crippen LogP contribution is -2.30. The van der Waals surface area contributed by atoms with Crippen molar-refractivity contribution in [2.45, 2.75) is 252 Å². The van der Waals surface area contributed by atoms with E-state index in [1.807, 2.05) is 6.08 Å². The van der Waals surface area contributed by atoms with Crippen molar-refractivity contribution in [1.29, 1.82) is 0 Å². The molecule has 0 heterocycles. The number of hydrogen-bond acceptors (Lipinski definition) is 6. The summed E-state index contributed by atoms with van der Waals surface area (Å²) in [5, 5.41) is 0. The number of esters is 3. The number of hydrogen-bond donors (Lipinski definition) is 0. The van der Waals surface area contributed by atoms with Gasteiger partial charge in [-0.3, -0.25) is 14.4 Å². The second kappa shape index (κ2) is 66.0. The van der Waals surface area contributed by atoms with Crippen LogP contribution in [0.4, 0.5) is 0 Å². The van der Waals surface area contributed by atoms with Crippen molar-refractivity contribution in [2.24, 2.45) is 0 Å². The fourth-order valence-corrected chi connectivity index (χ4v) is 7.97. The Balaban J connectivity index is 4.52. The molecule has 0 saturated heterocycles. The Bertz CT molecular complexity index is 1890. The average molecular weight is 1100 g/mol. The lowest BCUT2D eigenvalue weighted by molar-refractivity contribution is -0.166. The molecular formula is C74H114O6. The fraction of sp³-hybridized carbons (Fsp3) is 0.554. The number of carbonyl (C=O) groups excluding carboxylic acids is 3. The summed E-state index contributed by atoms with van der Waals surface area (Å²) in [6, 6.07) is 0. The summed E-state index contributed by atoms with van der Waals surface area (Å²) in [7, 11) is 0. The van der Waals surface area contributed by atoms with Gasteiger partial charge in [-0.1, -0.05) is 267 Å². The van der Waals surface area contributed by atoms with Crippen molar-refractivity contribution in [3.8, 4) is 0 Å². The first-order valence-electron chi connectivity index (χ1n) is 31.8. The highest BCUT2D eigenvalue weighted by Crippen LogP contribution is 2.13. The zero-order valence-corrected chi connectivity index (χ0v) is 51.0. The van der Waals surface area contributed by atoms with Crippen molar-refractivity contribution >= 4 is 17.9 Å². The van der Waals surface area contributed by atoms with E-state index in [-0.39, 0.29) is 38.0 Å². The first-order chi connectivity index (χ1) is 39.5.